The van der Waals surface area contributed by atoms with Crippen LogP contribution in [0, 0.1) is 0 Å². The van der Waals surface area contributed by atoms with Crippen molar-refractivity contribution >= 4 is 84.8 Å². The summed E-state index contributed by atoms with van der Waals surface area (Å²) in [5, 5.41) is 7.44. The maximum Gasteiger partial charge on any atom is 0.164 e. The summed E-state index contributed by atoms with van der Waals surface area (Å²) in [6.45, 7) is 0. The van der Waals surface area contributed by atoms with Crippen LogP contribution < -0.4 is 0 Å². The van der Waals surface area contributed by atoms with Crippen molar-refractivity contribution in [1.29, 1.82) is 0 Å². The topological polar surface area (TPSA) is 43.6 Å². The van der Waals surface area contributed by atoms with E-state index in [9.17, 15) is 0 Å². The van der Waals surface area contributed by atoms with Crippen molar-refractivity contribution in [2.45, 2.75) is 0 Å². The highest BCUT2D eigenvalue weighted by atomic mass is 32.1. The molecule has 0 aliphatic carbocycles. The van der Waals surface area contributed by atoms with Crippen LogP contribution >= 0.6 is 22.7 Å². The normalized spacial score (nSPS) is 12.2. The molecule has 0 unspecified atom stereocenters. The molecule has 57 heavy (non-hydrogen) atoms. The maximum atomic E-state index is 5.30. The number of thiophene rings is 2. The van der Waals surface area contributed by atoms with Gasteiger partial charge in [0, 0.05) is 78.9 Å². The number of fused-ring (bicyclic) bond motifs is 14. The molecule has 8 aromatic carbocycles. The molecule has 0 saturated carbocycles. The Morgan fingerprint density at radius 2 is 0.807 bits per heavy atom. The van der Waals surface area contributed by atoms with Gasteiger partial charge in [0.25, 0.3) is 0 Å². The van der Waals surface area contributed by atoms with Crippen molar-refractivity contribution in [3.05, 3.63) is 170 Å². The molecular weight excluding hydrogens is 733 g/mol. The lowest BCUT2D eigenvalue weighted by atomic mass is 9.93. The summed E-state index contributed by atoms with van der Waals surface area (Å²) in [6.07, 6.45) is 0. The molecule has 0 bridgehead atoms. The quantitative estimate of drug-likeness (QED) is 0.180. The second kappa shape index (κ2) is 11.8. The zero-order valence-electron chi connectivity index (χ0n) is 30.3. The van der Waals surface area contributed by atoms with Gasteiger partial charge in [-0.15, -0.1) is 22.7 Å². The van der Waals surface area contributed by atoms with Gasteiger partial charge in [-0.1, -0.05) is 97.1 Å². The van der Waals surface area contributed by atoms with Crippen molar-refractivity contribution < 1.29 is 0 Å². The predicted octanol–water partition coefficient (Wildman–Crippen LogP) is 14.4. The Balaban J connectivity index is 1.06. The van der Waals surface area contributed by atoms with Gasteiger partial charge in [-0.25, -0.2) is 15.0 Å². The molecule has 4 nitrogen and oxygen atoms in total. The minimum absolute atomic E-state index is 0.644. The van der Waals surface area contributed by atoms with E-state index in [1.54, 1.807) is 0 Å². The molecule has 0 radical (unpaired) electrons. The fourth-order valence-corrected chi connectivity index (χ4v) is 11.2. The summed E-state index contributed by atoms with van der Waals surface area (Å²) in [6, 6.07) is 61.4. The average Bonchev–Trinajstić information content (AvgIpc) is 3.92. The molecule has 0 N–H and O–H groups in total. The summed E-state index contributed by atoms with van der Waals surface area (Å²) < 4.78 is 7.50. The van der Waals surface area contributed by atoms with Crippen LogP contribution in [0.15, 0.2) is 170 Å². The zero-order chi connectivity index (χ0) is 37.2. The summed E-state index contributed by atoms with van der Waals surface area (Å²) in [5.74, 6) is 1.96. The largest absolute Gasteiger partial charge is 0.308 e. The number of para-hydroxylation sites is 2. The van der Waals surface area contributed by atoms with Crippen molar-refractivity contribution in [2.24, 2.45) is 0 Å². The maximum absolute atomic E-state index is 5.30. The summed E-state index contributed by atoms with van der Waals surface area (Å²) in [7, 11) is 0. The Kier molecular flexibility index (Phi) is 6.45. The standard InChI is InChI=1S/C51H28N4S2/c1-2-11-33-32(10-1)37-15-9-16-38-34-12-3-6-17-42(34)55(48(37)38)43-23-20-29(26-39(33)43)49-52-50(30-21-24-46-40(27-30)35-13-4-7-18-44(35)56-46)54-51(53-49)31-22-25-47-41(28-31)36-14-5-8-19-45(36)57-47/h1-28H. The monoisotopic (exact) mass is 760 g/mol. The first kappa shape index (κ1) is 31.2. The Hall–Kier alpha value is -6.99. The molecule has 5 heterocycles. The molecule has 0 saturated heterocycles. The molecule has 1 aliphatic rings. The number of hydrogen-bond donors (Lipinski definition) is 0. The molecular formula is C51H28N4S2. The minimum atomic E-state index is 0.644. The van der Waals surface area contributed by atoms with E-state index < -0.39 is 0 Å². The summed E-state index contributed by atoms with van der Waals surface area (Å²) >= 11 is 3.64. The Labute approximate surface area is 334 Å². The van der Waals surface area contributed by atoms with Crippen molar-refractivity contribution in [3.63, 3.8) is 0 Å². The highest BCUT2D eigenvalue weighted by Gasteiger charge is 2.25. The van der Waals surface area contributed by atoms with Crippen LogP contribution in [0.25, 0.3) is 124 Å². The number of aromatic nitrogens is 4. The zero-order valence-corrected chi connectivity index (χ0v) is 31.9. The predicted molar refractivity (Wildman–Crippen MR) is 241 cm³/mol. The molecule has 0 amide bonds. The molecule has 13 rings (SSSR count). The van der Waals surface area contributed by atoms with Crippen LogP contribution in [0.5, 0.6) is 0 Å². The Morgan fingerprint density at radius 1 is 0.333 bits per heavy atom. The molecule has 6 heteroatoms. The first-order chi connectivity index (χ1) is 28.2. The van der Waals surface area contributed by atoms with Gasteiger partial charge in [-0.3, -0.25) is 0 Å². The van der Waals surface area contributed by atoms with Crippen LogP contribution in [0.2, 0.25) is 0 Å². The van der Waals surface area contributed by atoms with Gasteiger partial charge >= 0.3 is 0 Å². The van der Waals surface area contributed by atoms with E-state index in [1.807, 2.05) is 22.7 Å². The van der Waals surface area contributed by atoms with E-state index in [0.29, 0.717) is 17.5 Å². The van der Waals surface area contributed by atoms with Crippen LogP contribution in [0.3, 0.4) is 0 Å². The highest BCUT2D eigenvalue weighted by molar-refractivity contribution is 7.26. The summed E-state index contributed by atoms with van der Waals surface area (Å²) in [4.78, 5) is 15.8. The number of nitrogens with zero attached hydrogens (tertiary/aromatic N) is 4. The van der Waals surface area contributed by atoms with Gasteiger partial charge < -0.3 is 4.57 Å². The van der Waals surface area contributed by atoms with Crippen LogP contribution in [-0.2, 0) is 0 Å². The average molecular weight is 761 g/mol. The lowest BCUT2D eigenvalue weighted by Gasteiger charge is -2.15. The smallest absolute Gasteiger partial charge is 0.164 e. The lowest BCUT2D eigenvalue weighted by molar-refractivity contribution is 1.07. The second-order valence-corrected chi connectivity index (χ2v) is 16.9. The Morgan fingerprint density at radius 3 is 1.46 bits per heavy atom. The van der Waals surface area contributed by atoms with Crippen molar-refractivity contribution in [1.82, 2.24) is 19.5 Å². The molecule has 4 aromatic heterocycles. The van der Waals surface area contributed by atoms with E-state index in [2.05, 4.69) is 174 Å². The van der Waals surface area contributed by atoms with Gasteiger partial charge in [-0.2, -0.15) is 0 Å². The lowest BCUT2D eigenvalue weighted by Crippen LogP contribution is -2.01. The fourth-order valence-electron chi connectivity index (χ4n) is 9.02. The third-order valence-electron chi connectivity index (χ3n) is 11.6. The van der Waals surface area contributed by atoms with Gasteiger partial charge in [0.2, 0.25) is 0 Å². The van der Waals surface area contributed by atoms with Crippen LogP contribution in [0.1, 0.15) is 0 Å². The fraction of sp³-hybridized carbons (Fsp3) is 0. The molecule has 1 aliphatic heterocycles. The van der Waals surface area contributed by atoms with Crippen LogP contribution in [-0.4, -0.2) is 19.5 Å². The van der Waals surface area contributed by atoms with Gasteiger partial charge in [-0.05, 0) is 83.9 Å². The number of benzene rings is 8. The van der Waals surface area contributed by atoms with Gasteiger partial charge in [0.15, 0.2) is 17.5 Å². The van der Waals surface area contributed by atoms with E-state index in [4.69, 9.17) is 15.0 Å². The molecule has 264 valence electrons. The molecule has 0 fully saturated rings. The van der Waals surface area contributed by atoms with Crippen LogP contribution in [0.4, 0.5) is 0 Å². The van der Waals surface area contributed by atoms with E-state index in [1.165, 1.54) is 78.8 Å². The minimum Gasteiger partial charge on any atom is -0.308 e. The van der Waals surface area contributed by atoms with E-state index in [-0.39, 0.29) is 0 Å². The third-order valence-corrected chi connectivity index (χ3v) is 13.9. The summed E-state index contributed by atoms with van der Waals surface area (Å²) in [5.41, 5.74) is 11.2. The highest BCUT2D eigenvalue weighted by Crippen LogP contribution is 2.47. The number of hydrogen-bond acceptors (Lipinski definition) is 5. The van der Waals surface area contributed by atoms with E-state index in [0.717, 1.165) is 27.9 Å². The molecule has 0 spiro atoms. The Bertz CT molecular complexity index is 3530. The first-order valence-corrected chi connectivity index (χ1v) is 20.7. The molecule has 0 atom stereocenters. The van der Waals surface area contributed by atoms with Gasteiger partial charge in [0.05, 0.1) is 16.7 Å². The van der Waals surface area contributed by atoms with Crippen molar-refractivity contribution in [3.8, 4) is 62.1 Å². The SMILES string of the molecule is c1ccc2c(c1)-c1cc(-c3nc(-c4ccc5sc6ccccc6c5c4)nc(-c4ccc5sc6ccccc6c5c4)n3)ccc1-n1c3ccccc3c3cccc-2c31. The molecule has 12 aromatic rings. The van der Waals surface area contributed by atoms with Gasteiger partial charge in [0.1, 0.15) is 0 Å². The van der Waals surface area contributed by atoms with E-state index >= 15 is 0 Å². The number of rotatable bonds is 3. The first-order valence-electron chi connectivity index (χ1n) is 19.1. The third kappa shape index (κ3) is 4.57. The van der Waals surface area contributed by atoms with Crippen molar-refractivity contribution in [2.75, 3.05) is 0 Å². The second-order valence-electron chi connectivity index (χ2n) is 14.8.